The minimum absolute atomic E-state index is 0.0107. The van der Waals surface area contributed by atoms with E-state index in [1.807, 2.05) is 0 Å². The van der Waals surface area contributed by atoms with Crippen LogP contribution in [0.25, 0.3) is 11.3 Å². The van der Waals surface area contributed by atoms with E-state index in [1.165, 1.54) is 61.1 Å². The van der Waals surface area contributed by atoms with Crippen LogP contribution in [-0.4, -0.2) is 90.6 Å². The number of hydrogen-bond acceptors (Lipinski definition) is 13. The Labute approximate surface area is 351 Å². The van der Waals surface area contributed by atoms with Crippen LogP contribution in [0, 0.1) is 5.82 Å². The summed E-state index contributed by atoms with van der Waals surface area (Å²) in [6.07, 6.45) is 2.75. The number of unbranched alkanes of at least 4 members (excludes halogenated alkanes) is 4. The highest BCUT2D eigenvalue weighted by molar-refractivity contribution is 7.97. The number of alkyl halides is 3. The van der Waals surface area contributed by atoms with Crippen LogP contribution in [0.1, 0.15) is 85.1 Å². The van der Waals surface area contributed by atoms with Crippen molar-refractivity contribution in [3.63, 3.8) is 0 Å². The van der Waals surface area contributed by atoms with Crippen molar-refractivity contribution in [2.24, 2.45) is 0 Å². The van der Waals surface area contributed by atoms with Gasteiger partial charge in [0.25, 0.3) is 11.8 Å². The van der Waals surface area contributed by atoms with Gasteiger partial charge in [-0.2, -0.15) is 18.3 Å². The molecule has 16 nitrogen and oxygen atoms in total. The average molecular weight is 869 g/mol. The van der Waals surface area contributed by atoms with Crippen molar-refractivity contribution < 1.29 is 46.6 Å². The van der Waals surface area contributed by atoms with E-state index in [-0.39, 0.29) is 60.2 Å². The summed E-state index contributed by atoms with van der Waals surface area (Å²) in [5, 5.41) is 24.7. The summed E-state index contributed by atoms with van der Waals surface area (Å²) in [5.41, 5.74) is -2.20. The number of aromatic nitrogens is 4. The monoisotopic (exact) mass is 868 g/mol. The molecule has 1 saturated heterocycles. The number of nitrogens with zero attached hydrogens (tertiary/aromatic N) is 5. The number of nitrogens with one attached hydrogen (secondary N) is 5. The standard InChI is InChI=1S/C40H44F4N10O6S/c1-39(2,60)22-53-21-23(18-48-53)34-26(40(42,43)44)19-47-38(52-34)50-28-12-11-24(17-27(28)41)61-49-16-7-5-3-4-6-15-45-32(56)20-46-29-10-8-9-25-33(29)37(59)54(36(25)58)30-13-14-31(55)51-35(30)57/h8-12,17-19,21,30,46,49,60H,3-7,13-16,20,22H2,1-2H3,(H,45,56)(H,47,50,52)(H,51,55,57). The molecule has 21 heteroatoms. The zero-order chi connectivity index (χ0) is 43.9. The number of imide groups is 2. The third-order valence-electron chi connectivity index (χ3n) is 9.61. The molecule has 0 radical (unpaired) electrons. The lowest BCUT2D eigenvalue weighted by atomic mass is 10.0. The maximum absolute atomic E-state index is 15.1. The van der Waals surface area contributed by atoms with Gasteiger partial charge in [0, 0.05) is 48.1 Å². The van der Waals surface area contributed by atoms with Crippen LogP contribution in [0.3, 0.4) is 0 Å². The van der Waals surface area contributed by atoms with Crippen molar-refractivity contribution in [3.05, 3.63) is 77.5 Å². The maximum Gasteiger partial charge on any atom is 0.419 e. The number of anilines is 3. The van der Waals surface area contributed by atoms with Crippen LogP contribution in [0.15, 0.2) is 59.9 Å². The molecule has 2 aliphatic rings. The molecule has 2 aliphatic heterocycles. The van der Waals surface area contributed by atoms with Crippen molar-refractivity contribution in [3.8, 4) is 11.3 Å². The highest BCUT2D eigenvalue weighted by atomic mass is 32.2. The van der Waals surface area contributed by atoms with E-state index in [9.17, 15) is 42.3 Å². The highest BCUT2D eigenvalue weighted by Crippen LogP contribution is 2.37. The SMILES string of the molecule is CC(C)(O)Cn1cc(-c2nc(Nc3ccc(SNCCCCCCCNC(=O)CNc4cccc5c4C(=O)N(C4CCC(=O)NC4=O)C5=O)cc3F)ncc2C(F)(F)F)cn1. The molecule has 1 atom stereocenters. The van der Waals surface area contributed by atoms with Gasteiger partial charge in [-0.15, -0.1) is 0 Å². The Morgan fingerprint density at radius 3 is 2.46 bits per heavy atom. The van der Waals surface area contributed by atoms with Gasteiger partial charge >= 0.3 is 6.18 Å². The highest BCUT2D eigenvalue weighted by Gasteiger charge is 2.45. The lowest BCUT2D eigenvalue weighted by Crippen LogP contribution is -2.54. The lowest BCUT2D eigenvalue weighted by Gasteiger charge is -2.27. The Balaban J connectivity index is 0.870. The summed E-state index contributed by atoms with van der Waals surface area (Å²) in [6.45, 7) is 4.06. The second kappa shape index (κ2) is 19.2. The van der Waals surface area contributed by atoms with Crippen molar-refractivity contribution >= 4 is 58.8 Å². The molecule has 1 fully saturated rings. The molecule has 61 heavy (non-hydrogen) atoms. The van der Waals surface area contributed by atoms with Gasteiger partial charge in [0.05, 0.1) is 47.4 Å². The molecule has 324 valence electrons. The largest absolute Gasteiger partial charge is 0.419 e. The van der Waals surface area contributed by atoms with E-state index in [4.69, 9.17) is 0 Å². The van der Waals surface area contributed by atoms with E-state index >= 15 is 4.39 Å². The number of carbonyl (C=O) groups excluding carboxylic acids is 5. The molecule has 0 aliphatic carbocycles. The number of piperidine rings is 1. The van der Waals surface area contributed by atoms with Crippen molar-refractivity contribution in [1.82, 2.24) is 40.0 Å². The van der Waals surface area contributed by atoms with Gasteiger partial charge in [0.1, 0.15) is 17.4 Å². The van der Waals surface area contributed by atoms with Gasteiger partial charge in [-0.25, -0.2) is 14.4 Å². The first kappa shape index (κ1) is 44.6. The minimum Gasteiger partial charge on any atom is -0.389 e. The zero-order valence-corrected chi connectivity index (χ0v) is 34.0. The fourth-order valence-electron chi connectivity index (χ4n) is 6.73. The van der Waals surface area contributed by atoms with E-state index < -0.39 is 58.5 Å². The number of hydrogen-bond donors (Lipinski definition) is 6. The third kappa shape index (κ3) is 11.5. The number of fused-ring (bicyclic) bond motifs is 1. The van der Waals surface area contributed by atoms with Gasteiger partial charge in [-0.1, -0.05) is 25.3 Å². The number of carbonyl (C=O) groups is 5. The molecule has 4 heterocycles. The quantitative estimate of drug-likeness (QED) is 0.0311. The Kier molecular flexibility index (Phi) is 14.0. The zero-order valence-electron chi connectivity index (χ0n) is 33.2. The van der Waals surface area contributed by atoms with Crippen LogP contribution in [0.5, 0.6) is 0 Å². The molecule has 4 aromatic rings. The second-order valence-electron chi connectivity index (χ2n) is 15.1. The Morgan fingerprint density at radius 2 is 1.74 bits per heavy atom. The molecular formula is C40H44F4N10O6S. The van der Waals surface area contributed by atoms with E-state index in [1.54, 1.807) is 18.2 Å². The summed E-state index contributed by atoms with van der Waals surface area (Å²) < 4.78 is 61.0. The van der Waals surface area contributed by atoms with Crippen LogP contribution >= 0.6 is 11.9 Å². The number of aliphatic hydroxyl groups is 1. The lowest BCUT2D eigenvalue weighted by molar-refractivity contribution is -0.138. The van der Waals surface area contributed by atoms with E-state index in [2.05, 4.69) is 41.1 Å². The minimum atomic E-state index is -4.76. The molecular weight excluding hydrogens is 825 g/mol. The first-order valence-electron chi connectivity index (χ1n) is 19.5. The summed E-state index contributed by atoms with van der Waals surface area (Å²) in [7, 11) is 0. The Bertz CT molecular complexity index is 2300. The van der Waals surface area contributed by atoms with E-state index in [0.29, 0.717) is 29.9 Å². The predicted molar refractivity (Wildman–Crippen MR) is 216 cm³/mol. The summed E-state index contributed by atoms with van der Waals surface area (Å²) in [5.74, 6) is -3.67. The summed E-state index contributed by atoms with van der Waals surface area (Å²) in [6, 6.07) is 7.90. The van der Waals surface area contributed by atoms with Crippen LogP contribution < -0.4 is 26.0 Å². The smallest absolute Gasteiger partial charge is 0.389 e. The second-order valence-corrected chi connectivity index (χ2v) is 16.1. The summed E-state index contributed by atoms with van der Waals surface area (Å²) in [4.78, 5) is 71.9. The van der Waals surface area contributed by atoms with Gasteiger partial charge < -0.3 is 21.1 Å². The molecule has 0 spiro atoms. The molecule has 2 aromatic heterocycles. The molecule has 0 saturated carbocycles. The third-order valence-corrected chi connectivity index (χ3v) is 10.5. The maximum atomic E-state index is 15.1. The first-order valence-corrected chi connectivity index (χ1v) is 20.3. The van der Waals surface area contributed by atoms with Gasteiger partial charge in [-0.05, 0) is 75.4 Å². The van der Waals surface area contributed by atoms with Gasteiger partial charge in [0.15, 0.2) is 0 Å². The normalized spacial score (nSPS) is 15.5. The Morgan fingerprint density at radius 1 is 0.984 bits per heavy atom. The van der Waals surface area contributed by atoms with Crippen molar-refractivity contribution in [2.75, 3.05) is 30.3 Å². The number of amides is 5. The first-order chi connectivity index (χ1) is 29.0. The topological polar surface area (TPSA) is 213 Å². The molecule has 6 N–H and O–H groups in total. The molecule has 5 amide bonds. The number of benzene rings is 2. The molecule has 0 bridgehead atoms. The fourth-order valence-corrected chi connectivity index (χ4v) is 7.45. The molecule has 6 rings (SSSR count). The molecule has 1 unspecified atom stereocenters. The summed E-state index contributed by atoms with van der Waals surface area (Å²) >= 11 is 1.23. The van der Waals surface area contributed by atoms with Crippen molar-refractivity contribution in [2.45, 2.75) is 88.1 Å². The average Bonchev–Trinajstić information content (AvgIpc) is 3.75. The van der Waals surface area contributed by atoms with Crippen LogP contribution in [-0.2, 0) is 27.1 Å². The number of rotatable bonds is 19. The van der Waals surface area contributed by atoms with Gasteiger partial charge in [-0.3, -0.25) is 43.6 Å². The predicted octanol–water partition coefficient (Wildman–Crippen LogP) is 5.19. The van der Waals surface area contributed by atoms with Gasteiger partial charge in [0.2, 0.25) is 23.7 Å². The van der Waals surface area contributed by atoms with E-state index in [0.717, 1.165) is 37.0 Å². The number of halogens is 4. The fraction of sp³-hybridized carbons (Fsp3) is 0.400. The molecule has 2 aromatic carbocycles. The van der Waals surface area contributed by atoms with Crippen LogP contribution in [0.2, 0.25) is 0 Å². The Hall–Kier alpha value is -5.93. The van der Waals surface area contributed by atoms with Crippen molar-refractivity contribution in [1.29, 1.82) is 0 Å². The van der Waals surface area contributed by atoms with Crippen LogP contribution in [0.4, 0.5) is 34.9 Å².